The van der Waals surface area contributed by atoms with Crippen molar-refractivity contribution in [2.45, 2.75) is 31.9 Å². The number of methoxy groups -OCH3 is 1. The average molecular weight is 464 g/mol. The molecule has 0 saturated carbocycles. The van der Waals surface area contributed by atoms with Crippen LogP contribution in [0, 0.1) is 5.82 Å². The first-order valence-electron chi connectivity index (χ1n) is 11.2. The molecule has 2 aliphatic heterocycles. The molecule has 2 aliphatic rings. The van der Waals surface area contributed by atoms with Crippen molar-refractivity contribution in [2.75, 3.05) is 20.3 Å². The lowest BCUT2D eigenvalue weighted by atomic mass is 9.94. The zero-order valence-electron chi connectivity index (χ0n) is 19.0. The topological polar surface area (TPSA) is 89.7 Å². The van der Waals surface area contributed by atoms with Crippen LogP contribution in [0.5, 0.6) is 5.75 Å². The number of benzene rings is 2. The first-order chi connectivity index (χ1) is 16.5. The minimum atomic E-state index is -0.523. The Morgan fingerprint density at radius 3 is 2.79 bits per heavy atom. The fourth-order valence-corrected chi connectivity index (χ4v) is 4.39. The molecule has 0 spiro atoms. The number of hydrogen-bond acceptors (Lipinski definition) is 6. The molecule has 2 atom stereocenters. The van der Waals surface area contributed by atoms with Crippen molar-refractivity contribution < 1.29 is 23.2 Å². The molecule has 9 heteroatoms. The summed E-state index contributed by atoms with van der Waals surface area (Å²) in [6.45, 7) is 3.01. The number of nitrogens with one attached hydrogen (secondary N) is 1. The smallest absolute Gasteiger partial charge is 0.322 e. The number of urea groups is 1. The number of rotatable bonds is 6. The van der Waals surface area contributed by atoms with Crippen LogP contribution in [-0.4, -0.2) is 47.4 Å². The van der Waals surface area contributed by atoms with E-state index in [2.05, 4.69) is 15.5 Å². The third kappa shape index (κ3) is 4.26. The molecule has 5 rings (SSSR count). The number of nitrogens with zero attached hydrogens (tertiary/aromatic N) is 3. The standard InChI is InChI=1S/C25H25FN4O4/c1-15-21(24-28-23(29-34-24)16-8-10-18(26)11-9-16)22(17-5-3-6-19(13-17)32-2)27-25(31)30(15)14-20-7-4-12-33-20/h3,5-6,8-11,13,20,22H,4,7,12,14H2,1-2H3,(H,27,31). The van der Waals surface area contributed by atoms with Gasteiger partial charge in [0.1, 0.15) is 11.6 Å². The zero-order valence-corrected chi connectivity index (χ0v) is 19.0. The molecule has 2 aromatic carbocycles. The van der Waals surface area contributed by atoms with Crippen molar-refractivity contribution in [3.63, 3.8) is 0 Å². The van der Waals surface area contributed by atoms with Crippen molar-refractivity contribution in [2.24, 2.45) is 0 Å². The number of carbonyl (C=O) groups excluding carboxylic acids is 1. The summed E-state index contributed by atoms with van der Waals surface area (Å²) in [5.74, 6) is 0.941. The van der Waals surface area contributed by atoms with Gasteiger partial charge in [-0.05, 0) is 61.7 Å². The van der Waals surface area contributed by atoms with Crippen LogP contribution < -0.4 is 10.1 Å². The van der Waals surface area contributed by atoms with E-state index >= 15 is 0 Å². The third-order valence-corrected chi connectivity index (χ3v) is 6.19. The lowest BCUT2D eigenvalue weighted by Gasteiger charge is -2.36. The minimum Gasteiger partial charge on any atom is -0.497 e. The van der Waals surface area contributed by atoms with E-state index in [0.717, 1.165) is 18.4 Å². The molecule has 34 heavy (non-hydrogen) atoms. The highest BCUT2D eigenvalue weighted by Gasteiger charge is 2.37. The summed E-state index contributed by atoms with van der Waals surface area (Å²) in [5.41, 5.74) is 2.84. The maximum Gasteiger partial charge on any atom is 0.322 e. The van der Waals surface area contributed by atoms with Gasteiger partial charge in [0.2, 0.25) is 5.82 Å². The molecule has 8 nitrogen and oxygen atoms in total. The summed E-state index contributed by atoms with van der Waals surface area (Å²) in [7, 11) is 1.59. The van der Waals surface area contributed by atoms with Crippen LogP contribution in [0.3, 0.4) is 0 Å². The van der Waals surface area contributed by atoms with Gasteiger partial charge in [-0.1, -0.05) is 17.3 Å². The van der Waals surface area contributed by atoms with E-state index < -0.39 is 6.04 Å². The summed E-state index contributed by atoms with van der Waals surface area (Å²) in [5, 5.41) is 7.20. The van der Waals surface area contributed by atoms with Crippen LogP contribution in [0.25, 0.3) is 17.0 Å². The number of aromatic nitrogens is 2. The molecule has 1 fully saturated rings. The van der Waals surface area contributed by atoms with Crippen molar-refractivity contribution in [1.29, 1.82) is 0 Å². The Labute approximate surface area is 196 Å². The molecule has 0 aliphatic carbocycles. The zero-order chi connectivity index (χ0) is 23.7. The molecular formula is C25H25FN4O4. The highest BCUT2D eigenvalue weighted by Crippen LogP contribution is 2.38. The maximum atomic E-state index is 13.4. The first kappa shape index (κ1) is 22.1. The summed E-state index contributed by atoms with van der Waals surface area (Å²) in [6, 6.07) is 12.6. The van der Waals surface area contributed by atoms with E-state index in [9.17, 15) is 9.18 Å². The summed E-state index contributed by atoms with van der Waals surface area (Å²) >= 11 is 0. The van der Waals surface area contributed by atoms with Crippen molar-refractivity contribution >= 4 is 11.6 Å². The predicted molar refractivity (Wildman–Crippen MR) is 122 cm³/mol. The molecule has 2 amide bonds. The van der Waals surface area contributed by atoms with Gasteiger partial charge < -0.3 is 19.3 Å². The normalized spacial score (nSPS) is 20.6. The molecule has 3 aromatic rings. The van der Waals surface area contributed by atoms with E-state index in [1.165, 1.54) is 12.1 Å². The van der Waals surface area contributed by atoms with Crippen molar-refractivity contribution in [1.82, 2.24) is 20.4 Å². The molecule has 176 valence electrons. The quantitative estimate of drug-likeness (QED) is 0.575. The Morgan fingerprint density at radius 2 is 2.06 bits per heavy atom. The molecule has 2 unspecified atom stereocenters. The van der Waals surface area contributed by atoms with E-state index in [4.69, 9.17) is 14.0 Å². The number of ether oxygens (including phenoxy) is 2. The van der Waals surface area contributed by atoms with Crippen LogP contribution in [0.1, 0.15) is 37.3 Å². The second kappa shape index (κ2) is 9.26. The minimum absolute atomic E-state index is 0.0206. The Kier molecular flexibility index (Phi) is 6.02. The van der Waals surface area contributed by atoms with Gasteiger partial charge >= 0.3 is 6.03 Å². The fraction of sp³-hybridized carbons (Fsp3) is 0.320. The average Bonchev–Trinajstić information content (AvgIpc) is 3.54. The van der Waals surface area contributed by atoms with Gasteiger partial charge in [0.25, 0.3) is 5.89 Å². The monoisotopic (exact) mass is 464 g/mol. The van der Waals surface area contributed by atoms with Crippen LogP contribution in [0.2, 0.25) is 0 Å². The SMILES string of the molecule is COc1cccc(C2NC(=O)N(CC3CCCO3)C(C)=C2c2nc(-c3ccc(F)cc3)no2)c1. The van der Waals surface area contributed by atoms with Crippen LogP contribution >= 0.6 is 0 Å². The summed E-state index contributed by atoms with van der Waals surface area (Å²) in [6.07, 6.45) is 1.86. The largest absolute Gasteiger partial charge is 0.497 e. The number of hydrogen-bond donors (Lipinski definition) is 1. The molecule has 1 N–H and O–H groups in total. The molecular weight excluding hydrogens is 439 g/mol. The van der Waals surface area contributed by atoms with Gasteiger partial charge in [-0.15, -0.1) is 0 Å². The number of allylic oxidation sites excluding steroid dienone is 1. The Morgan fingerprint density at radius 1 is 1.24 bits per heavy atom. The van der Waals surface area contributed by atoms with Gasteiger partial charge in [-0.25, -0.2) is 9.18 Å². The molecule has 1 saturated heterocycles. The fourth-order valence-electron chi connectivity index (χ4n) is 4.39. The molecule has 0 radical (unpaired) electrons. The van der Waals surface area contributed by atoms with E-state index in [1.807, 2.05) is 31.2 Å². The lowest BCUT2D eigenvalue weighted by molar-refractivity contribution is 0.0877. The second-order valence-electron chi connectivity index (χ2n) is 8.33. The van der Waals surface area contributed by atoms with Crippen LogP contribution in [-0.2, 0) is 4.74 Å². The summed E-state index contributed by atoms with van der Waals surface area (Å²) in [4.78, 5) is 19.4. The number of halogens is 1. The van der Waals surface area contributed by atoms with Gasteiger partial charge in [0.05, 0.1) is 31.4 Å². The van der Waals surface area contributed by atoms with Gasteiger partial charge in [-0.3, -0.25) is 4.90 Å². The van der Waals surface area contributed by atoms with Crippen molar-refractivity contribution in [3.8, 4) is 17.1 Å². The second-order valence-corrected chi connectivity index (χ2v) is 8.33. The van der Waals surface area contributed by atoms with E-state index in [-0.39, 0.29) is 23.8 Å². The highest BCUT2D eigenvalue weighted by molar-refractivity contribution is 5.87. The van der Waals surface area contributed by atoms with Gasteiger partial charge in [-0.2, -0.15) is 4.98 Å². The number of carbonyl (C=O) groups is 1. The summed E-state index contributed by atoms with van der Waals surface area (Å²) < 4.78 is 30.2. The lowest BCUT2D eigenvalue weighted by Crippen LogP contribution is -2.48. The van der Waals surface area contributed by atoms with Crippen molar-refractivity contribution in [3.05, 3.63) is 71.5 Å². The van der Waals surface area contributed by atoms with E-state index in [1.54, 1.807) is 24.1 Å². The maximum absolute atomic E-state index is 13.4. The third-order valence-electron chi connectivity index (χ3n) is 6.19. The Hall–Kier alpha value is -3.72. The molecule has 0 bridgehead atoms. The van der Waals surface area contributed by atoms with Gasteiger partial charge in [0, 0.05) is 17.9 Å². The van der Waals surface area contributed by atoms with E-state index in [0.29, 0.717) is 41.6 Å². The molecule has 1 aromatic heterocycles. The Bertz CT molecular complexity index is 1220. The van der Waals surface area contributed by atoms with Crippen LogP contribution in [0.4, 0.5) is 9.18 Å². The highest BCUT2D eigenvalue weighted by atomic mass is 19.1. The molecule has 3 heterocycles. The number of amides is 2. The first-order valence-corrected chi connectivity index (χ1v) is 11.2. The predicted octanol–water partition coefficient (Wildman–Crippen LogP) is 4.56. The van der Waals surface area contributed by atoms with Crippen LogP contribution in [0.15, 0.2) is 58.8 Å². The Balaban J connectivity index is 1.57. The van der Waals surface area contributed by atoms with Gasteiger partial charge in [0.15, 0.2) is 0 Å².